The van der Waals surface area contributed by atoms with E-state index in [2.05, 4.69) is 43.9 Å². The van der Waals surface area contributed by atoms with Crippen LogP contribution in [0.15, 0.2) is 36.5 Å². The lowest BCUT2D eigenvalue weighted by Gasteiger charge is -2.36. The molecule has 2 aromatic rings. The van der Waals surface area contributed by atoms with Crippen LogP contribution in [0.3, 0.4) is 0 Å². The molecular weight excluding hydrogens is 260 g/mol. The minimum absolute atomic E-state index is 0.547. The van der Waals surface area contributed by atoms with Crippen LogP contribution >= 0.6 is 0 Å². The van der Waals surface area contributed by atoms with Crippen LogP contribution in [-0.4, -0.2) is 38.6 Å². The Bertz CT molecular complexity index is 637. The number of nitrogens with zero attached hydrogens (tertiary/aromatic N) is 4. The van der Waals surface area contributed by atoms with Gasteiger partial charge in [0.15, 0.2) is 5.65 Å². The molecule has 1 saturated heterocycles. The Hall–Kier alpha value is -1.68. The molecule has 1 unspecified atom stereocenters. The number of hydrogen-bond acceptors (Lipinski definition) is 3. The number of hydrogen-bond donors (Lipinski definition) is 0. The monoisotopic (exact) mass is 282 g/mol. The van der Waals surface area contributed by atoms with Gasteiger partial charge in [-0.25, -0.2) is 0 Å². The van der Waals surface area contributed by atoms with Crippen LogP contribution in [-0.2, 0) is 0 Å². The molecule has 110 valence electrons. The lowest BCUT2D eigenvalue weighted by Crippen LogP contribution is -2.40. The molecule has 0 radical (unpaired) electrons. The fourth-order valence-corrected chi connectivity index (χ4v) is 3.73. The topological polar surface area (TPSA) is 33.4 Å². The Morgan fingerprint density at radius 3 is 2.76 bits per heavy atom. The average molecular weight is 282 g/mol. The predicted molar refractivity (Wildman–Crippen MR) is 83.3 cm³/mol. The summed E-state index contributed by atoms with van der Waals surface area (Å²) in [6.07, 6.45) is 13.2. The second-order valence-corrected chi connectivity index (χ2v) is 6.22. The van der Waals surface area contributed by atoms with Gasteiger partial charge >= 0.3 is 0 Å². The van der Waals surface area contributed by atoms with Crippen molar-refractivity contribution in [2.45, 2.75) is 44.1 Å². The van der Waals surface area contributed by atoms with Crippen LogP contribution in [0.1, 0.15) is 43.8 Å². The van der Waals surface area contributed by atoms with Gasteiger partial charge in [-0.2, -0.15) is 0 Å². The molecule has 4 heteroatoms. The Kier molecular flexibility index (Phi) is 3.47. The van der Waals surface area contributed by atoms with E-state index in [0.29, 0.717) is 12.0 Å². The molecule has 1 fully saturated rings. The van der Waals surface area contributed by atoms with Crippen LogP contribution < -0.4 is 0 Å². The zero-order valence-corrected chi connectivity index (χ0v) is 12.4. The second kappa shape index (κ2) is 5.60. The van der Waals surface area contributed by atoms with Gasteiger partial charge in [0.1, 0.15) is 5.82 Å². The molecule has 0 N–H and O–H groups in total. The van der Waals surface area contributed by atoms with Gasteiger partial charge in [-0.1, -0.05) is 18.2 Å². The van der Waals surface area contributed by atoms with E-state index in [1.54, 1.807) is 0 Å². The van der Waals surface area contributed by atoms with Gasteiger partial charge in [0.25, 0.3) is 0 Å². The molecule has 0 aromatic carbocycles. The molecule has 4 rings (SSSR count). The zero-order valence-electron chi connectivity index (χ0n) is 12.4. The van der Waals surface area contributed by atoms with Crippen molar-refractivity contribution in [1.29, 1.82) is 0 Å². The quantitative estimate of drug-likeness (QED) is 0.794. The first-order chi connectivity index (χ1) is 10.4. The van der Waals surface area contributed by atoms with Crippen molar-refractivity contribution in [1.82, 2.24) is 19.5 Å². The van der Waals surface area contributed by atoms with Crippen LogP contribution in [0.2, 0.25) is 0 Å². The molecule has 0 amide bonds. The van der Waals surface area contributed by atoms with Gasteiger partial charge in [-0.15, -0.1) is 10.2 Å². The first kappa shape index (κ1) is 13.0. The summed E-state index contributed by atoms with van der Waals surface area (Å²) < 4.78 is 2.15. The van der Waals surface area contributed by atoms with E-state index < -0.39 is 0 Å². The third-order valence-electron chi connectivity index (χ3n) is 4.93. The summed E-state index contributed by atoms with van der Waals surface area (Å²) in [6, 6.07) is 6.78. The molecular formula is C17H22N4. The zero-order chi connectivity index (χ0) is 14.1. The highest BCUT2D eigenvalue weighted by Crippen LogP contribution is 2.29. The standard InChI is InChI=1S/C17H22N4/c1-2-6-15(7-3-1)20-12-9-14(10-13-20)17-19-18-16-8-4-5-11-21(16)17/h2,4-6,8,11,14-15H,1,3,7,9-10,12-13H2. The third kappa shape index (κ3) is 2.48. The minimum atomic E-state index is 0.547. The van der Waals surface area contributed by atoms with Crippen LogP contribution in [0.5, 0.6) is 0 Å². The number of rotatable bonds is 2. The van der Waals surface area contributed by atoms with Gasteiger partial charge in [-0.05, 0) is 57.3 Å². The van der Waals surface area contributed by atoms with Crippen molar-refractivity contribution in [2.75, 3.05) is 13.1 Å². The highest BCUT2D eigenvalue weighted by Gasteiger charge is 2.27. The summed E-state index contributed by atoms with van der Waals surface area (Å²) in [7, 11) is 0. The molecule has 2 aromatic heterocycles. The van der Waals surface area contributed by atoms with E-state index in [4.69, 9.17) is 0 Å². The largest absolute Gasteiger partial charge is 0.297 e. The fourth-order valence-electron chi connectivity index (χ4n) is 3.73. The number of pyridine rings is 1. The van der Waals surface area contributed by atoms with Gasteiger partial charge in [-0.3, -0.25) is 9.30 Å². The molecule has 3 heterocycles. The van der Waals surface area contributed by atoms with Crippen molar-refractivity contribution < 1.29 is 0 Å². The van der Waals surface area contributed by atoms with Crippen molar-refractivity contribution in [2.24, 2.45) is 0 Å². The van der Waals surface area contributed by atoms with Gasteiger partial charge < -0.3 is 0 Å². The van der Waals surface area contributed by atoms with Crippen molar-refractivity contribution in [3.05, 3.63) is 42.4 Å². The molecule has 4 nitrogen and oxygen atoms in total. The Labute approximate surface area is 125 Å². The molecule has 0 spiro atoms. The van der Waals surface area contributed by atoms with Crippen LogP contribution in [0.25, 0.3) is 5.65 Å². The summed E-state index contributed by atoms with van der Waals surface area (Å²) in [5, 5.41) is 8.73. The number of allylic oxidation sites excluding steroid dienone is 1. The van der Waals surface area contributed by atoms with E-state index in [1.165, 1.54) is 45.2 Å². The average Bonchev–Trinajstić information content (AvgIpc) is 3.00. The minimum Gasteiger partial charge on any atom is -0.297 e. The summed E-state index contributed by atoms with van der Waals surface area (Å²) in [4.78, 5) is 2.65. The molecule has 21 heavy (non-hydrogen) atoms. The highest BCUT2D eigenvalue weighted by molar-refractivity contribution is 5.37. The van der Waals surface area contributed by atoms with Crippen LogP contribution in [0, 0.1) is 0 Å². The lowest BCUT2D eigenvalue weighted by atomic mass is 9.92. The Morgan fingerprint density at radius 2 is 1.95 bits per heavy atom. The van der Waals surface area contributed by atoms with Crippen molar-refractivity contribution in [3.63, 3.8) is 0 Å². The number of fused-ring (bicyclic) bond motifs is 1. The van der Waals surface area contributed by atoms with E-state index in [1.807, 2.05) is 12.1 Å². The summed E-state index contributed by atoms with van der Waals surface area (Å²) >= 11 is 0. The van der Waals surface area contributed by atoms with Crippen molar-refractivity contribution in [3.8, 4) is 0 Å². The smallest absolute Gasteiger partial charge is 0.160 e. The summed E-state index contributed by atoms with van der Waals surface area (Å²) in [6.45, 7) is 2.36. The third-order valence-corrected chi connectivity index (χ3v) is 4.93. The normalized spacial score (nSPS) is 24.7. The Balaban J connectivity index is 1.47. The van der Waals surface area contributed by atoms with Gasteiger partial charge in [0.2, 0.25) is 0 Å². The summed E-state index contributed by atoms with van der Waals surface area (Å²) in [5.41, 5.74) is 0.963. The fraction of sp³-hybridized carbons (Fsp3) is 0.529. The first-order valence-electron chi connectivity index (χ1n) is 8.12. The Morgan fingerprint density at radius 1 is 1.05 bits per heavy atom. The first-order valence-corrected chi connectivity index (χ1v) is 8.12. The van der Waals surface area contributed by atoms with Crippen LogP contribution in [0.4, 0.5) is 0 Å². The SMILES string of the molecule is C1=CC(N2CCC(c3nnc4ccccn34)CC2)CCC1. The molecule has 1 aliphatic carbocycles. The van der Waals surface area contributed by atoms with E-state index in [9.17, 15) is 0 Å². The molecule has 0 saturated carbocycles. The molecule has 1 aliphatic heterocycles. The van der Waals surface area contributed by atoms with E-state index >= 15 is 0 Å². The molecule has 0 bridgehead atoms. The van der Waals surface area contributed by atoms with Gasteiger partial charge in [0.05, 0.1) is 0 Å². The van der Waals surface area contributed by atoms with E-state index in [0.717, 1.165) is 11.5 Å². The van der Waals surface area contributed by atoms with Gasteiger partial charge in [0, 0.05) is 18.2 Å². The summed E-state index contributed by atoms with van der Waals surface area (Å²) in [5.74, 6) is 1.69. The molecule has 1 atom stereocenters. The molecule has 2 aliphatic rings. The predicted octanol–water partition coefficient (Wildman–Crippen LogP) is 3.02. The van der Waals surface area contributed by atoms with E-state index in [-0.39, 0.29) is 0 Å². The second-order valence-electron chi connectivity index (χ2n) is 6.22. The number of likely N-dealkylation sites (tertiary alicyclic amines) is 1. The maximum atomic E-state index is 4.44. The number of aromatic nitrogens is 3. The maximum absolute atomic E-state index is 4.44. The lowest BCUT2D eigenvalue weighted by molar-refractivity contribution is 0.164. The highest BCUT2D eigenvalue weighted by atomic mass is 15.3. The maximum Gasteiger partial charge on any atom is 0.160 e. The van der Waals surface area contributed by atoms with Crippen molar-refractivity contribution >= 4 is 5.65 Å². The number of piperidine rings is 1.